The SMILES string of the molecule is O=c1c2ccsc2ncn1CCCc1ccccc1. The lowest BCUT2D eigenvalue weighted by atomic mass is 10.1. The number of rotatable bonds is 4. The van der Waals surface area contributed by atoms with Gasteiger partial charge in [0.15, 0.2) is 0 Å². The van der Waals surface area contributed by atoms with Crippen molar-refractivity contribution in [2.75, 3.05) is 0 Å². The maximum Gasteiger partial charge on any atom is 0.262 e. The van der Waals surface area contributed by atoms with E-state index in [1.165, 1.54) is 16.9 Å². The van der Waals surface area contributed by atoms with Crippen LogP contribution in [0, 0.1) is 0 Å². The van der Waals surface area contributed by atoms with Crippen LogP contribution in [0.3, 0.4) is 0 Å². The molecular formula is C15H14N2OS. The van der Waals surface area contributed by atoms with E-state index in [4.69, 9.17) is 0 Å². The molecule has 0 amide bonds. The Morgan fingerprint density at radius 1 is 1.16 bits per heavy atom. The molecule has 0 N–H and O–H groups in total. The smallest absolute Gasteiger partial charge is 0.262 e. The molecule has 96 valence electrons. The van der Waals surface area contributed by atoms with Crippen LogP contribution >= 0.6 is 11.3 Å². The largest absolute Gasteiger partial charge is 0.299 e. The van der Waals surface area contributed by atoms with Crippen molar-refractivity contribution in [1.29, 1.82) is 0 Å². The minimum atomic E-state index is 0.0688. The number of hydrogen-bond acceptors (Lipinski definition) is 3. The van der Waals surface area contributed by atoms with Gasteiger partial charge in [0, 0.05) is 6.54 Å². The second-order valence-corrected chi connectivity index (χ2v) is 5.37. The molecule has 0 saturated carbocycles. The minimum absolute atomic E-state index is 0.0688. The van der Waals surface area contributed by atoms with Crippen LogP contribution in [0.2, 0.25) is 0 Å². The summed E-state index contributed by atoms with van der Waals surface area (Å²) in [5, 5.41) is 2.64. The molecule has 3 rings (SSSR count). The van der Waals surface area contributed by atoms with Crippen molar-refractivity contribution >= 4 is 21.6 Å². The van der Waals surface area contributed by atoms with E-state index in [1.807, 2.05) is 29.6 Å². The van der Waals surface area contributed by atoms with Gasteiger partial charge < -0.3 is 0 Å². The summed E-state index contributed by atoms with van der Waals surface area (Å²) in [6, 6.07) is 12.2. The van der Waals surface area contributed by atoms with Crippen LogP contribution in [0.5, 0.6) is 0 Å². The predicted octanol–water partition coefficient (Wildman–Crippen LogP) is 3.09. The molecule has 0 atom stereocenters. The Bertz CT molecular complexity index is 730. The van der Waals surface area contributed by atoms with Crippen LogP contribution in [0.4, 0.5) is 0 Å². The van der Waals surface area contributed by atoms with Gasteiger partial charge in [0.2, 0.25) is 0 Å². The average Bonchev–Trinajstić information content (AvgIpc) is 2.92. The zero-order chi connectivity index (χ0) is 13.1. The lowest BCUT2D eigenvalue weighted by Gasteiger charge is -2.05. The first-order valence-electron chi connectivity index (χ1n) is 6.31. The Labute approximate surface area is 115 Å². The van der Waals surface area contributed by atoms with Crippen LogP contribution in [0.25, 0.3) is 10.2 Å². The van der Waals surface area contributed by atoms with E-state index in [2.05, 4.69) is 17.1 Å². The summed E-state index contributed by atoms with van der Waals surface area (Å²) in [5.41, 5.74) is 1.37. The Hall–Kier alpha value is -1.94. The molecule has 3 nitrogen and oxygen atoms in total. The summed E-state index contributed by atoms with van der Waals surface area (Å²) in [6.07, 6.45) is 3.59. The molecule has 0 aliphatic carbocycles. The second kappa shape index (κ2) is 5.36. The minimum Gasteiger partial charge on any atom is -0.299 e. The molecule has 1 aromatic carbocycles. The van der Waals surface area contributed by atoms with Gasteiger partial charge in [-0.15, -0.1) is 11.3 Å². The number of nitrogens with zero attached hydrogens (tertiary/aromatic N) is 2. The van der Waals surface area contributed by atoms with E-state index in [0.29, 0.717) is 6.54 Å². The van der Waals surface area contributed by atoms with Gasteiger partial charge in [-0.25, -0.2) is 4.98 Å². The summed E-state index contributed by atoms with van der Waals surface area (Å²) in [5.74, 6) is 0. The monoisotopic (exact) mass is 270 g/mol. The van der Waals surface area contributed by atoms with E-state index in [0.717, 1.165) is 23.1 Å². The van der Waals surface area contributed by atoms with Gasteiger partial charge in [-0.05, 0) is 29.9 Å². The number of fused-ring (bicyclic) bond motifs is 1. The van der Waals surface area contributed by atoms with Gasteiger partial charge in [-0.2, -0.15) is 0 Å². The summed E-state index contributed by atoms with van der Waals surface area (Å²) < 4.78 is 1.71. The summed E-state index contributed by atoms with van der Waals surface area (Å²) in [6.45, 7) is 0.715. The topological polar surface area (TPSA) is 34.9 Å². The normalized spacial score (nSPS) is 10.9. The molecule has 3 aromatic rings. The van der Waals surface area contributed by atoms with Crippen molar-refractivity contribution in [3.05, 3.63) is 64.0 Å². The Morgan fingerprint density at radius 2 is 2.00 bits per heavy atom. The molecule has 4 heteroatoms. The van der Waals surface area contributed by atoms with Gasteiger partial charge in [-0.3, -0.25) is 9.36 Å². The number of aromatic nitrogens is 2. The van der Waals surface area contributed by atoms with Crippen molar-refractivity contribution in [2.24, 2.45) is 0 Å². The van der Waals surface area contributed by atoms with Crippen molar-refractivity contribution in [1.82, 2.24) is 9.55 Å². The van der Waals surface area contributed by atoms with Crippen molar-refractivity contribution in [3.8, 4) is 0 Å². The highest BCUT2D eigenvalue weighted by Gasteiger charge is 2.04. The van der Waals surface area contributed by atoms with E-state index in [-0.39, 0.29) is 5.56 Å². The third-order valence-corrected chi connectivity index (χ3v) is 3.98. The van der Waals surface area contributed by atoms with Crippen LogP contribution in [0.1, 0.15) is 12.0 Å². The molecule has 2 heterocycles. The molecule has 0 radical (unpaired) electrons. The van der Waals surface area contributed by atoms with Crippen LogP contribution in [0.15, 0.2) is 52.9 Å². The van der Waals surface area contributed by atoms with Gasteiger partial charge in [0.05, 0.1) is 11.7 Å². The Morgan fingerprint density at radius 3 is 2.84 bits per heavy atom. The highest BCUT2D eigenvalue weighted by atomic mass is 32.1. The predicted molar refractivity (Wildman–Crippen MR) is 78.6 cm³/mol. The number of thiophene rings is 1. The highest BCUT2D eigenvalue weighted by Crippen LogP contribution is 2.13. The Balaban J connectivity index is 1.72. The molecule has 2 aromatic heterocycles. The maximum atomic E-state index is 12.2. The molecule has 0 aliphatic heterocycles. The molecule has 0 bridgehead atoms. The lowest BCUT2D eigenvalue weighted by Crippen LogP contribution is -2.20. The van der Waals surface area contributed by atoms with Crippen LogP contribution in [-0.2, 0) is 13.0 Å². The third kappa shape index (κ3) is 2.58. The molecule has 0 aliphatic rings. The number of hydrogen-bond donors (Lipinski definition) is 0. The molecule has 0 saturated heterocycles. The molecule has 0 unspecified atom stereocenters. The fraction of sp³-hybridized carbons (Fsp3) is 0.200. The zero-order valence-electron chi connectivity index (χ0n) is 10.5. The number of benzene rings is 1. The van der Waals surface area contributed by atoms with Gasteiger partial charge in [-0.1, -0.05) is 30.3 Å². The number of aryl methyl sites for hydroxylation is 2. The first-order chi connectivity index (χ1) is 9.34. The molecule has 0 fully saturated rings. The molecule has 19 heavy (non-hydrogen) atoms. The van der Waals surface area contributed by atoms with E-state index in [1.54, 1.807) is 10.9 Å². The standard InChI is InChI=1S/C15H14N2OS/c18-15-13-8-10-19-14(13)16-11-17(15)9-4-7-12-5-2-1-3-6-12/h1-3,5-6,8,10-11H,4,7,9H2. The van der Waals surface area contributed by atoms with Crippen molar-refractivity contribution in [3.63, 3.8) is 0 Å². The van der Waals surface area contributed by atoms with Crippen molar-refractivity contribution in [2.45, 2.75) is 19.4 Å². The van der Waals surface area contributed by atoms with E-state index in [9.17, 15) is 4.79 Å². The Kier molecular flexibility index (Phi) is 3.42. The zero-order valence-corrected chi connectivity index (χ0v) is 11.3. The van der Waals surface area contributed by atoms with Crippen LogP contribution < -0.4 is 5.56 Å². The van der Waals surface area contributed by atoms with Gasteiger partial charge >= 0.3 is 0 Å². The van der Waals surface area contributed by atoms with E-state index < -0.39 is 0 Å². The van der Waals surface area contributed by atoms with Crippen LogP contribution in [-0.4, -0.2) is 9.55 Å². The molecule has 0 spiro atoms. The second-order valence-electron chi connectivity index (χ2n) is 4.47. The van der Waals surface area contributed by atoms with Gasteiger partial charge in [0.25, 0.3) is 5.56 Å². The summed E-state index contributed by atoms with van der Waals surface area (Å²) >= 11 is 1.51. The first kappa shape index (κ1) is 12.1. The average molecular weight is 270 g/mol. The maximum absolute atomic E-state index is 12.2. The van der Waals surface area contributed by atoms with E-state index >= 15 is 0 Å². The van der Waals surface area contributed by atoms with Crippen molar-refractivity contribution < 1.29 is 0 Å². The third-order valence-electron chi connectivity index (χ3n) is 3.16. The van der Waals surface area contributed by atoms with Gasteiger partial charge in [0.1, 0.15) is 4.83 Å². The quantitative estimate of drug-likeness (QED) is 0.730. The highest BCUT2D eigenvalue weighted by molar-refractivity contribution is 7.16. The fourth-order valence-corrected chi connectivity index (χ4v) is 2.87. The first-order valence-corrected chi connectivity index (χ1v) is 7.19. The molecular weight excluding hydrogens is 256 g/mol. The lowest BCUT2D eigenvalue weighted by molar-refractivity contribution is 0.618. The summed E-state index contributed by atoms with van der Waals surface area (Å²) in [4.78, 5) is 17.3. The summed E-state index contributed by atoms with van der Waals surface area (Å²) in [7, 11) is 0. The fourth-order valence-electron chi connectivity index (χ4n) is 2.15.